The number of pyridine rings is 1. The molecule has 4 heteroatoms. The number of rotatable bonds is 0. The second kappa shape index (κ2) is 1.95. The van der Waals surface area contributed by atoms with Crippen LogP contribution in [0, 0.1) is 6.92 Å². The van der Waals surface area contributed by atoms with Crippen LogP contribution in [0.1, 0.15) is 5.56 Å². The Morgan fingerprint density at radius 2 is 2.36 bits per heavy atom. The summed E-state index contributed by atoms with van der Waals surface area (Å²) >= 11 is 0. The van der Waals surface area contributed by atoms with Gasteiger partial charge in [0.1, 0.15) is 5.82 Å². The van der Waals surface area contributed by atoms with E-state index in [0.29, 0.717) is 5.82 Å². The number of aryl methyl sites for hydroxylation is 1. The first kappa shape index (κ1) is 6.15. The smallest absolute Gasteiger partial charge is 0.157 e. The van der Waals surface area contributed by atoms with E-state index in [1.165, 1.54) is 0 Å². The minimum absolute atomic E-state index is 0.527. The summed E-state index contributed by atoms with van der Waals surface area (Å²) in [6.45, 7) is 1.98. The number of aromatic nitrogens is 3. The highest BCUT2D eigenvalue weighted by Crippen LogP contribution is 2.15. The lowest BCUT2D eigenvalue weighted by molar-refractivity contribution is 1.10. The van der Waals surface area contributed by atoms with Gasteiger partial charge in [-0.15, -0.1) is 0 Å². The van der Waals surface area contributed by atoms with Crippen molar-refractivity contribution in [1.82, 2.24) is 15.2 Å². The molecule has 56 valence electrons. The molecule has 2 rings (SSSR count). The third-order valence-electron chi connectivity index (χ3n) is 1.65. The summed E-state index contributed by atoms with van der Waals surface area (Å²) < 4.78 is 0. The van der Waals surface area contributed by atoms with Gasteiger partial charge in [0.2, 0.25) is 0 Å². The molecule has 0 aliphatic carbocycles. The lowest BCUT2D eigenvalue weighted by Gasteiger charge is -1.95. The lowest BCUT2D eigenvalue weighted by atomic mass is 10.2. The molecule has 0 bridgehead atoms. The topological polar surface area (TPSA) is 67.6 Å². The van der Waals surface area contributed by atoms with Crippen molar-refractivity contribution in [2.24, 2.45) is 0 Å². The third kappa shape index (κ3) is 0.832. The molecule has 3 N–H and O–H groups in total. The Balaban J connectivity index is 2.91. The van der Waals surface area contributed by atoms with E-state index in [4.69, 9.17) is 5.73 Å². The number of nitrogen functional groups attached to an aromatic ring is 1. The highest BCUT2D eigenvalue weighted by Gasteiger charge is 2.00. The maximum Gasteiger partial charge on any atom is 0.157 e. The molecule has 0 atom stereocenters. The molecule has 11 heavy (non-hydrogen) atoms. The van der Waals surface area contributed by atoms with Crippen LogP contribution in [0.3, 0.4) is 0 Å². The number of aromatic amines is 1. The predicted octanol–water partition coefficient (Wildman–Crippen LogP) is 0.849. The van der Waals surface area contributed by atoms with Gasteiger partial charge in [0.25, 0.3) is 0 Å². The van der Waals surface area contributed by atoms with E-state index in [0.717, 1.165) is 16.6 Å². The molecule has 0 radical (unpaired) electrons. The van der Waals surface area contributed by atoms with Gasteiger partial charge in [-0.05, 0) is 18.6 Å². The predicted molar refractivity (Wildman–Crippen MR) is 43.0 cm³/mol. The second-order valence-corrected chi connectivity index (χ2v) is 2.50. The fourth-order valence-electron chi connectivity index (χ4n) is 1.11. The van der Waals surface area contributed by atoms with Gasteiger partial charge in [-0.2, -0.15) is 5.10 Å². The number of nitrogens with one attached hydrogen (secondary N) is 1. The van der Waals surface area contributed by atoms with E-state index in [9.17, 15) is 0 Å². The Labute approximate surface area is 63.4 Å². The Kier molecular flexibility index (Phi) is 1.09. The number of hydrogen-bond donors (Lipinski definition) is 2. The maximum atomic E-state index is 5.52. The minimum Gasteiger partial charge on any atom is -0.384 e. The number of fused-ring (bicyclic) bond motifs is 1. The molecule has 0 saturated heterocycles. The van der Waals surface area contributed by atoms with E-state index in [-0.39, 0.29) is 0 Å². The monoisotopic (exact) mass is 148 g/mol. The lowest BCUT2D eigenvalue weighted by Crippen LogP contribution is -1.91. The summed E-state index contributed by atoms with van der Waals surface area (Å²) in [5, 5.41) is 7.65. The molecule has 0 fully saturated rings. The summed E-state index contributed by atoms with van der Waals surface area (Å²) in [4.78, 5) is 4.06. The molecule has 0 spiro atoms. The van der Waals surface area contributed by atoms with Crippen molar-refractivity contribution >= 4 is 16.9 Å². The van der Waals surface area contributed by atoms with Crippen molar-refractivity contribution in [1.29, 1.82) is 0 Å². The van der Waals surface area contributed by atoms with Crippen LogP contribution in [0.5, 0.6) is 0 Å². The van der Waals surface area contributed by atoms with E-state index < -0.39 is 0 Å². The zero-order valence-electron chi connectivity index (χ0n) is 6.13. The molecular formula is C7H8N4. The van der Waals surface area contributed by atoms with Crippen LogP contribution < -0.4 is 5.73 Å². The zero-order chi connectivity index (χ0) is 7.84. The van der Waals surface area contributed by atoms with Crippen molar-refractivity contribution in [3.8, 4) is 0 Å². The van der Waals surface area contributed by atoms with Crippen LogP contribution in [-0.2, 0) is 0 Å². The van der Waals surface area contributed by atoms with Crippen molar-refractivity contribution in [3.63, 3.8) is 0 Å². The number of H-pyrrole nitrogens is 1. The van der Waals surface area contributed by atoms with Gasteiger partial charge >= 0.3 is 0 Å². The van der Waals surface area contributed by atoms with E-state index in [2.05, 4.69) is 15.2 Å². The second-order valence-electron chi connectivity index (χ2n) is 2.50. The van der Waals surface area contributed by atoms with Gasteiger partial charge in [0.05, 0.1) is 6.20 Å². The first-order valence-electron chi connectivity index (χ1n) is 3.33. The van der Waals surface area contributed by atoms with Gasteiger partial charge in [0.15, 0.2) is 5.65 Å². The molecule has 2 heterocycles. The SMILES string of the molecule is Cc1cc(N)nc2[nH]ncc12. The molecule has 0 aliphatic heterocycles. The van der Waals surface area contributed by atoms with Gasteiger partial charge < -0.3 is 5.73 Å². The number of nitrogens with two attached hydrogens (primary N) is 1. The normalized spacial score (nSPS) is 10.6. The van der Waals surface area contributed by atoms with E-state index in [1.807, 2.05) is 13.0 Å². The van der Waals surface area contributed by atoms with Gasteiger partial charge in [-0.25, -0.2) is 4.98 Å². The highest BCUT2D eigenvalue weighted by molar-refractivity contribution is 5.79. The maximum absolute atomic E-state index is 5.52. The number of hydrogen-bond acceptors (Lipinski definition) is 3. The molecule has 4 nitrogen and oxygen atoms in total. The number of anilines is 1. The standard InChI is InChI=1S/C7H8N4/c1-4-2-6(8)10-7-5(4)3-9-11-7/h2-3H,1H3,(H3,8,9,10,11). The molecule has 0 saturated carbocycles. The molecule has 0 aromatic carbocycles. The van der Waals surface area contributed by atoms with Crippen LogP contribution in [0.4, 0.5) is 5.82 Å². The van der Waals surface area contributed by atoms with Crippen LogP contribution in [-0.4, -0.2) is 15.2 Å². The Hall–Kier alpha value is -1.58. The van der Waals surface area contributed by atoms with Crippen molar-refractivity contribution in [2.75, 3.05) is 5.73 Å². The molecule has 0 amide bonds. The van der Waals surface area contributed by atoms with Crippen LogP contribution >= 0.6 is 0 Å². The summed E-state index contributed by atoms with van der Waals surface area (Å²) in [5.74, 6) is 0.527. The van der Waals surface area contributed by atoms with Crippen LogP contribution in [0.2, 0.25) is 0 Å². The van der Waals surface area contributed by atoms with Gasteiger partial charge in [-0.3, -0.25) is 5.10 Å². The van der Waals surface area contributed by atoms with Crippen molar-refractivity contribution in [3.05, 3.63) is 17.8 Å². The Bertz CT molecular complexity index is 390. The first-order valence-corrected chi connectivity index (χ1v) is 3.33. The average Bonchev–Trinajstić information content (AvgIpc) is 2.34. The molecule has 0 aliphatic rings. The van der Waals surface area contributed by atoms with Crippen molar-refractivity contribution in [2.45, 2.75) is 6.92 Å². The Morgan fingerprint density at radius 3 is 3.18 bits per heavy atom. The zero-order valence-corrected chi connectivity index (χ0v) is 6.13. The fraction of sp³-hybridized carbons (Fsp3) is 0.143. The summed E-state index contributed by atoms with van der Waals surface area (Å²) in [7, 11) is 0. The van der Waals surface area contributed by atoms with E-state index >= 15 is 0 Å². The van der Waals surface area contributed by atoms with Crippen molar-refractivity contribution < 1.29 is 0 Å². The van der Waals surface area contributed by atoms with Crippen LogP contribution in [0.25, 0.3) is 11.0 Å². The van der Waals surface area contributed by atoms with Crippen LogP contribution in [0.15, 0.2) is 12.3 Å². The molecular weight excluding hydrogens is 140 g/mol. The molecule has 2 aromatic rings. The largest absolute Gasteiger partial charge is 0.384 e. The summed E-state index contributed by atoms with van der Waals surface area (Å²) in [6.07, 6.45) is 1.75. The first-order chi connectivity index (χ1) is 5.27. The van der Waals surface area contributed by atoms with Gasteiger partial charge in [-0.1, -0.05) is 0 Å². The minimum atomic E-state index is 0.527. The Morgan fingerprint density at radius 1 is 1.55 bits per heavy atom. The van der Waals surface area contributed by atoms with E-state index in [1.54, 1.807) is 6.20 Å². The summed E-state index contributed by atoms with van der Waals surface area (Å²) in [5.41, 5.74) is 7.38. The average molecular weight is 148 g/mol. The molecule has 2 aromatic heterocycles. The quantitative estimate of drug-likeness (QED) is 0.582. The molecule has 0 unspecified atom stereocenters. The van der Waals surface area contributed by atoms with Gasteiger partial charge in [0, 0.05) is 5.39 Å². The highest BCUT2D eigenvalue weighted by atomic mass is 15.1. The number of nitrogens with zero attached hydrogens (tertiary/aromatic N) is 2. The third-order valence-corrected chi connectivity index (χ3v) is 1.65. The fourth-order valence-corrected chi connectivity index (χ4v) is 1.11. The summed E-state index contributed by atoms with van der Waals surface area (Å²) in [6, 6.07) is 1.83.